The number of ether oxygens (including phenoxy) is 2. The van der Waals surface area contributed by atoms with Gasteiger partial charge in [-0.1, -0.05) is 18.2 Å². The topological polar surface area (TPSA) is 56.1 Å². The Bertz CT molecular complexity index is 999. The van der Waals surface area contributed by atoms with Crippen molar-refractivity contribution in [3.8, 4) is 11.5 Å². The minimum Gasteiger partial charge on any atom is -0.486 e. The van der Waals surface area contributed by atoms with Crippen LogP contribution in [0.25, 0.3) is 5.65 Å². The molecule has 2 aromatic heterocycles. The lowest BCUT2D eigenvalue weighted by atomic mass is 10.2. The van der Waals surface area contributed by atoms with E-state index in [1.165, 1.54) is 0 Å². The maximum Gasteiger partial charge on any atom is 0.258 e. The molecule has 0 aliphatic carbocycles. The summed E-state index contributed by atoms with van der Waals surface area (Å²) < 4.78 is 13.4. The molecule has 0 unspecified atom stereocenters. The van der Waals surface area contributed by atoms with Gasteiger partial charge in [-0.3, -0.25) is 14.1 Å². The number of rotatable bonds is 4. The summed E-state index contributed by atoms with van der Waals surface area (Å²) in [7, 11) is 1.99. The number of hydrogen-bond donors (Lipinski definition) is 0. The molecule has 6 nitrogen and oxygen atoms in total. The van der Waals surface area contributed by atoms with Gasteiger partial charge in [0.05, 0.1) is 5.69 Å². The van der Waals surface area contributed by atoms with Gasteiger partial charge in [0.15, 0.2) is 11.5 Å². The van der Waals surface area contributed by atoms with Crippen molar-refractivity contribution in [3.05, 3.63) is 70.3 Å². The van der Waals surface area contributed by atoms with E-state index >= 15 is 0 Å². The molecule has 0 fully saturated rings. The van der Waals surface area contributed by atoms with E-state index in [0.717, 1.165) is 22.9 Å². The van der Waals surface area contributed by atoms with Crippen molar-refractivity contribution in [1.82, 2.24) is 14.3 Å². The monoisotopic (exact) mass is 351 g/mol. The van der Waals surface area contributed by atoms with Crippen molar-refractivity contribution in [2.75, 3.05) is 20.2 Å². The first-order valence-corrected chi connectivity index (χ1v) is 8.65. The molecule has 1 aromatic carbocycles. The van der Waals surface area contributed by atoms with Crippen LogP contribution in [0.15, 0.2) is 53.3 Å². The van der Waals surface area contributed by atoms with Gasteiger partial charge in [0.2, 0.25) is 0 Å². The predicted molar refractivity (Wildman–Crippen MR) is 98.9 cm³/mol. The van der Waals surface area contributed by atoms with E-state index in [-0.39, 0.29) is 11.7 Å². The van der Waals surface area contributed by atoms with E-state index < -0.39 is 0 Å². The zero-order valence-corrected chi connectivity index (χ0v) is 14.9. The van der Waals surface area contributed by atoms with Crippen LogP contribution in [0.4, 0.5) is 0 Å². The number of fused-ring (bicyclic) bond motifs is 2. The maximum absolute atomic E-state index is 12.4. The van der Waals surface area contributed by atoms with E-state index in [4.69, 9.17) is 9.47 Å². The predicted octanol–water partition coefficient (Wildman–Crippen LogP) is 2.27. The Morgan fingerprint density at radius 3 is 2.85 bits per heavy atom. The molecular weight excluding hydrogens is 330 g/mol. The minimum absolute atomic E-state index is 0.0531. The molecule has 3 aromatic rings. The summed E-state index contributed by atoms with van der Waals surface area (Å²) in [4.78, 5) is 19.1. The lowest BCUT2D eigenvalue weighted by molar-refractivity contribution is 0.0635. The lowest BCUT2D eigenvalue weighted by Crippen LogP contribution is -2.39. The standard InChI is InChI=1S/C20H21N3O3/c1-14-6-5-9-19-21-15(10-20(24)23(14)19)11-22(2)12-16-13-25-17-7-3-4-8-18(17)26-16/h3-10,16H,11-13H2,1-2H3/t16-/m1/s1. The van der Waals surface area contributed by atoms with Crippen molar-refractivity contribution in [3.63, 3.8) is 0 Å². The molecule has 0 N–H and O–H groups in total. The van der Waals surface area contributed by atoms with Crippen LogP contribution in [0.3, 0.4) is 0 Å². The summed E-state index contributed by atoms with van der Waals surface area (Å²) in [6.07, 6.45) is -0.0568. The Kier molecular flexibility index (Phi) is 4.34. The quantitative estimate of drug-likeness (QED) is 0.722. The van der Waals surface area contributed by atoms with E-state index in [0.29, 0.717) is 25.3 Å². The van der Waals surface area contributed by atoms with Crippen LogP contribution in [0.5, 0.6) is 11.5 Å². The molecule has 0 radical (unpaired) electrons. The third kappa shape index (κ3) is 3.28. The molecule has 0 saturated heterocycles. The number of hydrogen-bond acceptors (Lipinski definition) is 5. The number of aryl methyl sites for hydroxylation is 1. The first-order valence-electron chi connectivity index (χ1n) is 8.65. The highest BCUT2D eigenvalue weighted by Gasteiger charge is 2.22. The Morgan fingerprint density at radius 2 is 2.00 bits per heavy atom. The van der Waals surface area contributed by atoms with Crippen LogP contribution < -0.4 is 15.0 Å². The molecule has 3 heterocycles. The minimum atomic E-state index is -0.0568. The highest BCUT2D eigenvalue weighted by atomic mass is 16.6. The average molecular weight is 351 g/mol. The summed E-state index contributed by atoms with van der Waals surface area (Å²) in [6.45, 7) is 3.67. The van der Waals surface area contributed by atoms with E-state index in [1.54, 1.807) is 10.5 Å². The van der Waals surface area contributed by atoms with Gasteiger partial charge >= 0.3 is 0 Å². The van der Waals surface area contributed by atoms with E-state index in [9.17, 15) is 4.79 Å². The molecule has 1 aliphatic heterocycles. The van der Waals surface area contributed by atoms with Crippen LogP contribution in [-0.4, -0.2) is 40.6 Å². The maximum atomic E-state index is 12.4. The van der Waals surface area contributed by atoms with E-state index in [2.05, 4.69) is 9.88 Å². The smallest absolute Gasteiger partial charge is 0.258 e. The third-order valence-corrected chi connectivity index (χ3v) is 4.45. The molecule has 0 spiro atoms. The second-order valence-corrected chi connectivity index (χ2v) is 6.64. The van der Waals surface area contributed by atoms with Gasteiger partial charge in [0, 0.05) is 24.8 Å². The molecule has 134 valence electrons. The number of nitrogens with zero attached hydrogens (tertiary/aromatic N) is 3. The zero-order chi connectivity index (χ0) is 18.1. The van der Waals surface area contributed by atoms with Crippen molar-refractivity contribution in [2.45, 2.75) is 19.6 Å². The van der Waals surface area contributed by atoms with Gasteiger partial charge in [-0.15, -0.1) is 0 Å². The fourth-order valence-corrected chi connectivity index (χ4v) is 3.29. The number of pyridine rings is 1. The van der Waals surface area contributed by atoms with Crippen LogP contribution in [0, 0.1) is 6.92 Å². The highest BCUT2D eigenvalue weighted by Crippen LogP contribution is 2.30. The Balaban J connectivity index is 1.46. The normalized spacial score (nSPS) is 16.2. The van der Waals surface area contributed by atoms with Crippen molar-refractivity contribution >= 4 is 5.65 Å². The van der Waals surface area contributed by atoms with Crippen LogP contribution in [0.1, 0.15) is 11.4 Å². The SMILES string of the molecule is Cc1cccc2nc(CN(C)C[C@@H]3COc4ccccc4O3)cc(=O)n12. The largest absolute Gasteiger partial charge is 0.486 e. The second kappa shape index (κ2) is 6.80. The van der Waals surface area contributed by atoms with Gasteiger partial charge in [0.1, 0.15) is 18.4 Å². The van der Waals surface area contributed by atoms with Crippen molar-refractivity contribution in [2.24, 2.45) is 0 Å². The third-order valence-electron chi connectivity index (χ3n) is 4.45. The van der Waals surface area contributed by atoms with Gasteiger partial charge in [-0.2, -0.15) is 0 Å². The second-order valence-electron chi connectivity index (χ2n) is 6.64. The molecular formula is C20H21N3O3. The van der Waals surface area contributed by atoms with Crippen LogP contribution >= 0.6 is 0 Å². The Hall–Kier alpha value is -2.86. The Morgan fingerprint density at radius 1 is 1.19 bits per heavy atom. The van der Waals surface area contributed by atoms with E-state index in [1.807, 2.05) is 56.4 Å². The Labute approximate surface area is 151 Å². The summed E-state index contributed by atoms with van der Waals surface area (Å²) in [5.74, 6) is 1.56. The first kappa shape index (κ1) is 16.6. The summed E-state index contributed by atoms with van der Waals surface area (Å²) in [5, 5.41) is 0. The molecule has 26 heavy (non-hydrogen) atoms. The first-order chi connectivity index (χ1) is 12.6. The summed E-state index contributed by atoms with van der Waals surface area (Å²) >= 11 is 0. The van der Waals surface area contributed by atoms with Crippen molar-refractivity contribution < 1.29 is 9.47 Å². The van der Waals surface area contributed by atoms with Crippen LogP contribution in [-0.2, 0) is 6.54 Å². The molecule has 0 bridgehead atoms. The lowest BCUT2D eigenvalue weighted by Gasteiger charge is -2.29. The summed E-state index contributed by atoms with van der Waals surface area (Å²) in [6, 6.07) is 15.0. The molecule has 0 saturated carbocycles. The number of benzene rings is 1. The molecule has 0 amide bonds. The van der Waals surface area contributed by atoms with Gasteiger partial charge in [-0.25, -0.2) is 4.98 Å². The highest BCUT2D eigenvalue weighted by molar-refractivity contribution is 5.41. The fraction of sp³-hybridized carbons (Fsp3) is 0.300. The van der Waals surface area contributed by atoms with Crippen LogP contribution in [0.2, 0.25) is 0 Å². The summed E-state index contributed by atoms with van der Waals surface area (Å²) in [5.41, 5.74) is 2.25. The van der Waals surface area contributed by atoms with Gasteiger partial charge < -0.3 is 9.47 Å². The average Bonchev–Trinajstić information content (AvgIpc) is 2.61. The fourth-order valence-electron chi connectivity index (χ4n) is 3.29. The molecule has 1 atom stereocenters. The zero-order valence-electron chi connectivity index (χ0n) is 14.9. The number of likely N-dealkylation sites (N-methyl/N-ethyl adjacent to an activating group) is 1. The number of aromatic nitrogens is 2. The molecule has 1 aliphatic rings. The van der Waals surface area contributed by atoms with Gasteiger partial charge in [0.25, 0.3) is 5.56 Å². The molecule has 6 heteroatoms. The van der Waals surface area contributed by atoms with Crippen molar-refractivity contribution in [1.29, 1.82) is 0 Å². The number of para-hydroxylation sites is 2. The van der Waals surface area contributed by atoms with Gasteiger partial charge in [-0.05, 0) is 38.2 Å². The molecule has 4 rings (SSSR count).